The van der Waals surface area contributed by atoms with Crippen LogP contribution >= 0.6 is 22.9 Å². The number of imidazole rings is 1. The van der Waals surface area contributed by atoms with Crippen molar-refractivity contribution in [2.24, 2.45) is 0 Å². The molecule has 3 aromatic rings. The molecule has 0 aliphatic rings. The first-order chi connectivity index (χ1) is 9.72. The molecule has 0 aliphatic heterocycles. The van der Waals surface area contributed by atoms with Crippen molar-refractivity contribution < 1.29 is 0 Å². The molecule has 0 spiro atoms. The van der Waals surface area contributed by atoms with Gasteiger partial charge in [-0.25, -0.2) is 4.98 Å². The minimum Gasteiger partial charge on any atom is -0.369 e. The fraction of sp³-hybridized carbons (Fsp3) is 0.267. The van der Waals surface area contributed by atoms with E-state index in [2.05, 4.69) is 34.0 Å². The lowest BCUT2D eigenvalue weighted by Gasteiger charge is -2.19. The van der Waals surface area contributed by atoms with E-state index in [1.807, 2.05) is 18.2 Å². The Morgan fingerprint density at radius 3 is 2.90 bits per heavy atom. The maximum Gasteiger partial charge on any atom is 0.201 e. The van der Waals surface area contributed by atoms with Crippen LogP contribution in [0.1, 0.15) is 30.7 Å². The van der Waals surface area contributed by atoms with Gasteiger partial charge in [0.1, 0.15) is 0 Å². The summed E-state index contributed by atoms with van der Waals surface area (Å²) in [4.78, 5) is 5.74. The number of halogens is 1. The first kappa shape index (κ1) is 13.5. The number of hydrogen-bond acceptors (Lipinski definition) is 3. The molecule has 104 valence electrons. The van der Waals surface area contributed by atoms with Crippen molar-refractivity contribution >= 4 is 39.9 Å². The molecule has 0 bridgehead atoms. The average Bonchev–Trinajstić information content (AvgIpc) is 3.04. The van der Waals surface area contributed by atoms with Crippen molar-refractivity contribution in [3.05, 3.63) is 45.6 Å². The minimum atomic E-state index is 0.199. The Balaban J connectivity index is 2.23. The van der Waals surface area contributed by atoms with Crippen LogP contribution in [0.5, 0.6) is 0 Å². The second kappa shape index (κ2) is 5.46. The van der Waals surface area contributed by atoms with Gasteiger partial charge in [0.05, 0.1) is 22.1 Å². The van der Waals surface area contributed by atoms with E-state index >= 15 is 0 Å². The molecule has 0 aliphatic carbocycles. The van der Waals surface area contributed by atoms with E-state index in [1.54, 1.807) is 11.3 Å². The second-order valence-electron chi connectivity index (χ2n) is 4.77. The van der Waals surface area contributed by atoms with Crippen molar-refractivity contribution in [2.75, 3.05) is 5.73 Å². The van der Waals surface area contributed by atoms with Crippen molar-refractivity contribution in [1.29, 1.82) is 0 Å². The number of fused-ring (bicyclic) bond motifs is 1. The first-order valence-corrected chi connectivity index (χ1v) is 7.93. The third kappa shape index (κ3) is 2.19. The van der Waals surface area contributed by atoms with Gasteiger partial charge in [-0.15, -0.1) is 11.3 Å². The predicted octanol–water partition coefficient (Wildman–Crippen LogP) is 4.72. The highest BCUT2D eigenvalue weighted by Gasteiger charge is 2.21. The summed E-state index contributed by atoms with van der Waals surface area (Å²) in [6.07, 6.45) is 2.09. The van der Waals surface area contributed by atoms with Crippen molar-refractivity contribution in [3.8, 4) is 0 Å². The van der Waals surface area contributed by atoms with Crippen LogP contribution in [0.25, 0.3) is 11.0 Å². The Bertz CT molecular complexity index is 718. The number of hydrogen-bond donors (Lipinski definition) is 1. The van der Waals surface area contributed by atoms with Gasteiger partial charge in [0.15, 0.2) is 0 Å². The Morgan fingerprint density at radius 2 is 2.20 bits per heavy atom. The maximum absolute atomic E-state index is 6.37. The fourth-order valence-corrected chi connectivity index (χ4v) is 3.71. The molecule has 1 unspecified atom stereocenters. The molecule has 0 radical (unpaired) electrons. The molecule has 0 saturated carbocycles. The topological polar surface area (TPSA) is 43.8 Å². The standard InChI is InChI=1S/C15H16ClN3S/c1-2-5-12(13-8-4-9-20-13)19-14-10(16)6-3-7-11(14)18-15(19)17/h3-4,6-9,12H,2,5H2,1H3,(H2,17,18). The molecular formula is C15H16ClN3S. The minimum absolute atomic E-state index is 0.199. The van der Waals surface area contributed by atoms with Gasteiger partial charge in [-0.3, -0.25) is 0 Å². The van der Waals surface area contributed by atoms with Crippen LogP contribution in [0.4, 0.5) is 5.95 Å². The van der Waals surface area contributed by atoms with Crippen LogP contribution in [0, 0.1) is 0 Å². The molecule has 0 fully saturated rings. The summed E-state index contributed by atoms with van der Waals surface area (Å²) in [5.74, 6) is 0.528. The van der Waals surface area contributed by atoms with E-state index in [1.165, 1.54) is 4.88 Å². The summed E-state index contributed by atoms with van der Waals surface area (Å²) in [7, 11) is 0. The van der Waals surface area contributed by atoms with Crippen LogP contribution in [-0.4, -0.2) is 9.55 Å². The fourth-order valence-electron chi connectivity index (χ4n) is 2.59. The van der Waals surface area contributed by atoms with Crippen molar-refractivity contribution in [2.45, 2.75) is 25.8 Å². The van der Waals surface area contributed by atoms with E-state index in [4.69, 9.17) is 17.3 Å². The highest BCUT2D eigenvalue weighted by atomic mass is 35.5. The number of thiophene rings is 1. The number of para-hydroxylation sites is 1. The van der Waals surface area contributed by atoms with Gasteiger partial charge < -0.3 is 10.3 Å². The molecule has 2 aromatic heterocycles. The number of nitrogen functional groups attached to an aromatic ring is 1. The van der Waals surface area contributed by atoms with E-state index in [0.29, 0.717) is 11.0 Å². The van der Waals surface area contributed by atoms with Crippen LogP contribution in [0.15, 0.2) is 35.7 Å². The summed E-state index contributed by atoms with van der Waals surface area (Å²) in [6, 6.07) is 10.2. The molecule has 1 atom stereocenters. The highest BCUT2D eigenvalue weighted by Crippen LogP contribution is 2.35. The first-order valence-electron chi connectivity index (χ1n) is 6.67. The van der Waals surface area contributed by atoms with E-state index in [-0.39, 0.29) is 6.04 Å². The number of nitrogens with two attached hydrogens (primary N) is 1. The summed E-state index contributed by atoms with van der Waals surface area (Å²) < 4.78 is 2.08. The molecule has 5 heteroatoms. The number of aromatic nitrogens is 2. The molecule has 0 amide bonds. The Labute approximate surface area is 127 Å². The zero-order valence-corrected chi connectivity index (χ0v) is 12.8. The van der Waals surface area contributed by atoms with Gasteiger partial charge >= 0.3 is 0 Å². The van der Waals surface area contributed by atoms with Gasteiger partial charge in [-0.2, -0.15) is 0 Å². The molecule has 2 N–H and O–H groups in total. The number of anilines is 1. The quantitative estimate of drug-likeness (QED) is 0.757. The Morgan fingerprint density at radius 1 is 1.35 bits per heavy atom. The molecule has 3 rings (SSSR count). The number of rotatable bonds is 4. The monoisotopic (exact) mass is 305 g/mol. The summed E-state index contributed by atoms with van der Waals surface area (Å²) >= 11 is 8.11. The Kier molecular flexibility index (Phi) is 3.68. The van der Waals surface area contributed by atoms with Gasteiger partial charge in [-0.1, -0.05) is 37.1 Å². The molecule has 2 heterocycles. The zero-order valence-electron chi connectivity index (χ0n) is 11.2. The number of nitrogens with zero attached hydrogens (tertiary/aromatic N) is 2. The summed E-state index contributed by atoms with van der Waals surface area (Å²) in [6.45, 7) is 2.18. The predicted molar refractivity (Wildman–Crippen MR) is 86.5 cm³/mol. The highest BCUT2D eigenvalue weighted by molar-refractivity contribution is 7.10. The van der Waals surface area contributed by atoms with Crippen LogP contribution in [0.2, 0.25) is 5.02 Å². The largest absolute Gasteiger partial charge is 0.369 e. The van der Waals surface area contributed by atoms with Crippen LogP contribution in [-0.2, 0) is 0 Å². The van der Waals surface area contributed by atoms with E-state index in [9.17, 15) is 0 Å². The third-order valence-corrected chi connectivity index (χ3v) is 4.71. The van der Waals surface area contributed by atoms with Crippen LogP contribution < -0.4 is 5.73 Å². The average molecular weight is 306 g/mol. The second-order valence-corrected chi connectivity index (χ2v) is 6.15. The van der Waals surface area contributed by atoms with Crippen molar-refractivity contribution in [1.82, 2.24) is 9.55 Å². The zero-order chi connectivity index (χ0) is 14.1. The van der Waals surface area contributed by atoms with E-state index < -0.39 is 0 Å². The van der Waals surface area contributed by atoms with Gasteiger partial charge in [0, 0.05) is 4.88 Å². The smallest absolute Gasteiger partial charge is 0.201 e. The van der Waals surface area contributed by atoms with Gasteiger partial charge in [0.2, 0.25) is 5.95 Å². The molecule has 20 heavy (non-hydrogen) atoms. The lowest BCUT2D eigenvalue weighted by molar-refractivity contribution is 0.560. The lowest BCUT2D eigenvalue weighted by Crippen LogP contribution is -2.12. The molecule has 3 nitrogen and oxygen atoms in total. The van der Waals surface area contributed by atoms with Crippen molar-refractivity contribution in [3.63, 3.8) is 0 Å². The summed E-state index contributed by atoms with van der Waals surface area (Å²) in [5, 5.41) is 2.79. The lowest BCUT2D eigenvalue weighted by atomic mass is 10.1. The molecular weight excluding hydrogens is 290 g/mol. The molecule has 1 aromatic carbocycles. The van der Waals surface area contributed by atoms with Gasteiger partial charge in [-0.05, 0) is 30.0 Å². The van der Waals surface area contributed by atoms with E-state index in [0.717, 1.165) is 23.9 Å². The van der Waals surface area contributed by atoms with Gasteiger partial charge in [0.25, 0.3) is 0 Å². The Hall–Kier alpha value is -1.52. The SMILES string of the molecule is CCCC(c1cccs1)n1c(N)nc2cccc(Cl)c21. The number of benzene rings is 1. The molecule has 0 saturated heterocycles. The van der Waals surface area contributed by atoms with Crippen LogP contribution in [0.3, 0.4) is 0 Å². The third-order valence-electron chi connectivity index (χ3n) is 3.43. The maximum atomic E-state index is 6.37. The normalized spacial score (nSPS) is 12.9. The summed E-state index contributed by atoms with van der Waals surface area (Å²) in [5.41, 5.74) is 7.94.